The quantitative estimate of drug-likeness (QED) is 0.602. The van der Waals surface area contributed by atoms with Crippen molar-refractivity contribution in [3.63, 3.8) is 0 Å². The topological polar surface area (TPSA) is 0 Å². The molecule has 0 saturated heterocycles. The Hall–Kier alpha value is -1.82. The van der Waals surface area contributed by atoms with Crippen molar-refractivity contribution < 1.29 is 0 Å². The maximum absolute atomic E-state index is 2.40. The molecule has 0 radical (unpaired) electrons. The van der Waals surface area contributed by atoms with Crippen LogP contribution in [0.5, 0.6) is 0 Å². The smallest absolute Gasteiger partial charge is 0.0105 e. The van der Waals surface area contributed by atoms with Gasteiger partial charge in [-0.2, -0.15) is 0 Å². The predicted molar refractivity (Wildman–Crippen MR) is 92.7 cm³/mol. The summed E-state index contributed by atoms with van der Waals surface area (Å²) in [5.74, 6) is 0. The molecule has 21 heavy (non-hydrogen) atoms. The first-order valence-corrected chi connectivity index (χ1v) is 7.79. The number of benzene rings is 2. The van der Waals surface area contributed by atoms with Gasteiger partial charge in [0.05, 0.1) is 0 Å². The first-order chi connectivity index (χ1) is 10.0. The highest BCUT2D eigenvalue weighted by molar-refractivity contribution is 5.39. The van der Waals surface area contributed by atoms with E-state index >= 15 is 0 Å². The van der Waals surface area contributed by atoms with Gasteiger partial charge in [-0.15, -0.1) is 0 Å². The molecule has 0 bridgehead atoms. The van der Waals surface area contributed by atoms with E-state index < -0.39 is 0 Å². The van der Waals surface area contributed by atoms with E-state index in [9.17, 15) is 0 Å². The lowest BCUT2D eigenvalue weighted by molar-refractivity contribution is 0.614. The van der Waals surface area contributed by atoms with Crippen molar-refractivity contribution in [1.29, 1.82) is 0 Å². The molecular formula is C21H26. The third-order valence-corrected chi connectivity index (χ3v) is 4.53. The van der Waals surface area contributed by atoms with Crippen LogP contribution in [-0.2, 0) is 11.8 Å². The van der Waals surface area contributed by atoms with Gasteiger partial charge in [-0.1, -0.05) is 80.1 Å². The van der Waals surface area contributed by atoms with Gasteiger partial charge in [0.2, 0.25) is 0 Å². The molecule has 0 aromatic heterocycles. The van der Waals surface area contributed by atoms with Gasteiger partial charge in [0, 0.05) is 5.41 Å². The van der Waals surface area contributed by atoms with Crippen molar-refractivity contribution in [2.75, 3.05) is 0 Å². The van der Waals surface area contributed by atoms with Gasteiger partial charge in [0.1, 0.15) is 0 Å². The minimum Gasteiger partial charge on any atom is -0.0844 e. The normalized spacial score (nSPS) is 12.5. The Kier molecular flexibility index (Phi) is 5.01. The summed E-state index contributed by atoms with van der Waals surface area (Å²) in [6.07, 6.45) is 4.62. The number of allylic oxidation sites excluding steroid dienone is 2. The molecule has 0 fully saturated rings. The summed E-state index contributed by atoms with van der Waals surface area (Å²) < 4.78 is 0. The lowest BCUT2D eigenvalue weighted by Crippen LogP contribution is -2.20. The summed E-state index contributed by atoms with van der Waals surface area (Å²) in [5, 5.41) is 0. The maximum atomic E-state index is 2.40. The van der Waals surface area contributed by atoms with Gasteiger partial charge < -0.3 is 0 Å². The molecule has 0 saturated carbocycles. The van der Waals surface area contributed by atoms with Crippen molar-refractivity contribution in [3.05, 3.63) is 82.9 Å². The molecule has 0 spiro atoms. The van der Waals surface area contributed by atoms with Crippen molar-refractivity contribution in [1.82, 2.24) is 0 Å². The van der Waals surface area contributed by atoms with Crippen molar-refractivity contribution in [2.45, 2.75) is 46.0 Å². The van der Waals surface area contributed by atoms with E-state index in [1.54, 1.807) is 0 Å². The zero-order chi connectivity index (χ0) is 15.3. The molecule has 0 nitrogen and oxygen atoms in total. The Bertz CT molecular complexity index is 603. The minimum atomic E-state index is 0.0992. The summed E-state index contributed by atoms with van der Waals surface area (Å²) in [5.41, 5.74) is 5.77. The molecule has 2 aromatic carbocycles. The van der Waals surface area contributed by atoms with Crippen molar-refractivity contribution >= 4 is 0 Å². The van der Waals surface area contributed by atoms with Gasteiger partial charge in [0.25, 0.3) is 0 Å². The lowest BCUT2D eigenvalue weighted by Gasteiger charge is -2.28. The zero-order valence-corrected chi connectivity index (χ0v) is 13.7. The minimum absolute atomic E-state index is 0.0992. The third-order valence-electron chi connectivity index (χ3n) is 4.53. The van der Waals surface area contributed by atoms with Gasteiger partial charge in [0.15, 0.2) is 0 Å². The second kappa shape index (κ2) is 6.76. The largest absolute Gasteiger partial charge is 0.0844 e. The van der Waals surface area contributed by atoms with Crippen LogP contribution in [0.3, 0.4) is 0 Å². The van der Waals surface area contributed by atoms with Crippen LogP contribution in [0.2, 0.25) is 0 Å². The maximum Gasteiger partial charge on any atom is 0.0105 e. The van der Waals surface area contributed by atoms with Crippen LogP contribution in [-0.4, -0.2) is 0 Å². The van der Waals surface area contributed by atoms with Crippen LogP contribution in [0.25, 0.3) is 0 Å². The van der Waals surface area contributed by atoms with Crippen molar-refractivity contribution in [3.8, 4) is 0 Å². The average molecular weight is 278 g/mol. The lowest BCUT2D eigenvalue weighted by atomic mass is 9.76. The number of hydrogen-bond acceptors (Lipinski definition) is 0. The fraction of sp³-hybridized carbons (Fsp3) is 0.333. The first kappa shape index (κ1) is 15.6. The van der Waals surface area contributed by atoms with Crippen LogP contribution in [0.15, 0.2) is 66.2 Å². The highest BCUT2D eigenvalue weighted by Crippen LogP contribution is 2.33. The fourth-order valence-corrected chi connectivity index (χ4v) is 2.84. The van der Waals surface area contributed by atoms with E-state index in [0.29, 0.717) is 0 Å². The Morgan fingerprint density at radius 1 is 0.952 bits per heavy atom. The molecule has 2 aromatic rings. The highest BCUT2D eigenvalue weighted by Gasteiger charge is 2.23. The summed E-state index contributed by atoms with van der Waals surface area (Å²) in [7, 11) is 0. The Morgan fingerprint density at radius 3 is 2.24 bits per heavy atom. The molecule has 0 aliphatic rings. The van der Waals surface area contributed by atoms with E-state index in [2.05, 4.69) is 88.4 Å². The van der Waals surface area contributed by atoms with Crippen LogP contribution < -0.4 is 0 Å². The predicted octanol–water partition coefficient (Wildman–Crippen LogP) is 5.85. The third kappa shape index (κ3) is 3.85. The molecule has 0 atom stereocenters. The number of aryl methyl sites for hydroxylation is 2. The fourth-order valence-electron chi connectivity index (χ4n) is 2.84. The Labute approximate surface area is 129 Å². The highest BCUT2D eigenvalue weighted by atomic mass is 14.3. The SMILES string of the molecule is CC(=CCCc1ccccc1)C(C)(C)c1ccccc1C. The van der Waals surface area contributed by atoms with Crippen LogP contribution in [0.4, 0.5) is 0 Å². The molecule has 0 heteroatoms. The number of hydrogen-bond donors (Lipinski definition) is 0. The van der Waals surface area contributed by atoms with E-state index in [0.717, 1.165) is 12.8 Å². The molecule has 0 aliphatic heterocycles. The van der Waals surface area contributed by atoms with Crippen molar-refractivity contribution in [2.24, 2.45) is 0 Å². The summed E-state index contributed by atoms with van der Waals surface area (Å²) in [6.45, 7) is 9.11. The monoisotopic (exact) mass is 278 g/mol. The molecule has 0 aliphatic carbocycles. The Balaban J connectivity index is 2.09. The molecular weight excluding hydrogens is 252 g/mol. The Morgan fingerprint density at radius 2 is 1.57 bits per heavy atom. The summed E-state index contributed by atoms with van der Waals surface area (Å²) in [6, 6.07) is 19.4. The van der Waals surface area contributed by atoms with E-state index in [1.165, 1.54) is 22.3 Å². The molecule has 110 valence electrons. The number of rotatable bonds is 5. The van der Waals surface area contributed by atoms with Crippen LogP contribution >= 0.6 is 0 Å². The zero-order valence-electron chi connectivity index (χ0n) is 13.7. The average Bonchev–Trinajstić information content (AvgIpc) is 2.48. The van der Waals surface area contributed by atoms with E-state index in [1.807, 2.05) is 0 Å². The standard InChI is InChI=1S/C21H26/c1-17-11-8-9-16-20(17)21(3,4)18(2)12-10-15-19-13-6-5-7-14-19/h5-9,11-14,16H,10,15H2,1-4H3. The molecule has 0 heterocycles. The van der Waals surface area contributed by atoms with E-state index in [-0.39, 0.29) is 5.41 Å². The first-order valence-electron chi connectivity index (χ1n) is 7.79. The second-order valence-electron chi connectivity index (χ2n) is 6.35. The summed E-state index contributed by atoms with van der Waals surface area (Å²) >= 11 is 0. The van der Waals surface area contributed by atoms with Crippen LogP contribution in [0.1, 0.15) is 43.9 Å². The van der Waals surface area contributed by atoms with Crippen LogP contribution in [0, 0.1) is 6.92 Å². The molecule has 0 unspecified atom stereocenters. The van der Waals surface area contributed by atoms with E-state index in [4.69, 9.17) is 0 Å². The van der Waals surface area contributed by atoms with Gasteiger partial charge in [-0.05, 0) is 43.4 Å². The molecule has 0 N–H and O–H groups in total. The van der Waals surface area contributed by atoms with Gasteiger partial charge in [-0.25, -0.2) is 0 Å². The van der Waals surface area contributed by atoms with Gasteiger partial charge >= 0.3 is 0 Å². The van der Waals surface area contributed by atoms with Gasteiger partial charge in [-0.3, -0.25) is 0 Å². The second-order valence-corrected chi connectivity index (χ2v) is 6.35. The molecule has 2 rings (SSSR count). The summed E-state index contributed by atoms with van der Waals surface area (Å²) in [4.78, 5) is 0. The molecule has 0 amide bonds.